The maximum Gasteiger partial charge on any atom is 0.284 e. The molecule has 0 atom stereocenters. The molecule has 6 heteroatoms. The minimum absolute atomic E-state index is 0.388. The van der Waals surface area contributed by atoms with Gasteiger partial charge in [-0.25, -0.2) is 18.2 Å². The molecule has 1 aromatic rings. The summed E-state index contributed by atoms with van der Waals surface area (Å²) in [7, 11) is 0. The second-order valence-electron chi connectivity index (χ2n) is 2.06. The van der Waals surface area contributed by atoms with Crippen LogP contribution in [-0.2, 0) is 0 Å². The summed E-state index contributed by atoms with van der Waals surface area (Å²) in [5.41, 5.74) is 3.94. The molecule has 0 aromatic carbocycles. The Hall–Kier alpha value is -1.46. The monoisotopic (exact) mass is 178 g/mol. The number of aromatic hydroxyl groups is 1. The predicted molar refractivity (Wildman–Crippen MR) is 35.2 cm³/mol. The van der Waals surface area contributed by atoms with Crippen molar-refractivity contribution in [3.63, 3.8) is 0 Å². The third kappa shape index (κ3) is 1.41. The van der Waals surface area contributed by atoms with Gasteiger partial charge in [0.2, 0.25) is 0 Å². The fourth-order valence-corrected chi connectivity index (χ4v) is 0.697. The highest BCUT2D eigenvalue weighted by molar-refractivity contribution is 5.39. The van der Waals surface area contributed by atoms with E-state index < -0.39 is 23.7 Å². The third-order valence-corrected chi connectivity index (χ3v) is 1.20. The van der Waals surface area contributed by atoms with Crippen LogP contribution in [0.3, 0.4) is 0 Å². The van der Waals surface area contributed by atoms with E-state index in [4.69, 9.17) is 10.8 Å². The van der Waals surface area contributed by atoms with Crippen LogP contribution < -0.4 is 5.73 Å². The molecule has 0 aliphatic heterocycles. The molecule has 0 amide bonds. The largest absolute Gasteiger partial charge is 0.503 e. The van der Waals surface area contributed by atoms with Crippen LogP contribution in [0.1, 0.15) is 12.1 Å². The molecule has 0 aliphatic carbocycles. The van der Waals surface area contributed by atoms with Crippen molar-refractivity contribution in [3.05, 3.63) is 17.6 Å². The number of nitrogens with two attached hydrogens (primary N) is 1. The summed E-state index contributed by atoms with van der Waals surface area (Å²) in [4.78, 5) is 3.07. The van der Waals surface area contributed by atoms with Gasteiger partial charge in [-0.05, 0) is 0 Å². The Morgan fingerprint density at radius 3 is 2.58 bits per heavy atom. The third-order valence-electron chi connectivity index (χ3n) is 1.20. The second-order valence-corrected chi connectivity index (χ2v) is 2.06. The van der Waals surface area contributed by atoms with Crippen LogP contribution in [0.5, 0.6) is 5.75 Å². The molecule has 1 rings (SSSR count). The molecular weight excluding hydrogens is 173 g/mol. The Labute approximate surface area is 65.6 Å². The Balaban J connectivity index is 3.28. The molecule has 0 bridgehead atoms. The van der Waals surface area contributed by atoms with Crippen LogP contribution >= 0.6 is 0 Å². The smallest absolute Gasteiger partial charge is 0.284 e. The average molecular weight is 178 g/mol. The number of anilines is 1. The summed E-state index contributed by atoms with van der Waals surface area (Å²) in [6.45, 7) is 0. The van der Waals surface area contributed by atoms with E-state index in [0.29, 0.717) is 6.07 Å². The lowest BCUT2D eigenvalue weighted by Crippen LogP contribution is -1.98. The first-order valence-corrected chi connectivity index (χ1v) is 2.95. The fourth-order valence-electron chi connectivity index (χ4n) is 0.697. The quantitative estimate of drug-likeness (QED) is 0.684. The van der Waals surface area contributed by atoms with Gasteiger partial charge in [0.15, 0.2) is 17.3 Å². The molecule has 0 saturated heterocycles. The van der Waals surface area contributed by atoms with Crippen LogP contribution in [-0.4, -0.2) is 10.1 Å². The molecule has 0 saturated carbocycles. The number of pyridine rings is 1. The second kappa shape index (κ2) is 2.88. The summed E-state index contributed by atoms with van der Waals surface area (Å²) in [5, 5.41) is 8.72. The number of nitrogen functional groups attached to an aromatic ring is 1. The van der Waals surface area contributed by atoms with Crippen LogP contribution in [0, 0.1) is 5.82 Å². The molecular formula is C6H5F3N2O. The number of halogens is 3. The van der Waals surface area contributed by atoms with Crippen molar-refractivity contribution in [2.45, 2.75) is 6.43 Å². The Bertz CT molecular complexity index is 303. The summed E-state index contributed by atoms with van der Waals surface area (Å²) < 4.78 is 36.4. The molecule has 3 nitrogen and oxygen atoms in total. The molecule has 12 heavy (non-hydrogen) atoms. The average Bonchev–Trinajstić information content (AvgIpc) is 1.96. The highest BCUT2D eigenvalue weighted by Gasteiger charge is 2.18. The van der Waals surface area contributed by atoms with Crippen LogP contribution in [0.15, 0.2) is 6.07 Å². The van der Waals surface area contributed by atoms with Gasteiger partial charge in [-0.1, -0.05) is 0 Å². The Morgan fingerprint density at radius 2 is 2.08 bits per heavy atom. The van der Waals surface area contributed by atoms with Gasteiger partial charge < -0.3 is 10.8 Å². The maximum absolute atomic E-state index is 12.5. The molecule has 0 aliphatic rings. The highest BCUT2D eigenvalue weighted by Crippen LogP contribution is 2.29. The van der Waals surface area contributed by atoms with Gasteiger partial charge in [-0.2, -0.15) is 0 Å². The zero-order valence-corrected chi connectivity index (χ0v) is 5.76. The minimum atomic E-state index is -3.04. The molecule has 0 spiro atoms. The zero-order valence-electron chi connectivity index (χ0n) is 5.76. The molecule has 0 fully saturated rings. The number of alkyl halides is 2. The number of rotatable bonds is 1. The number of hydrogen-bond donors (Lipinski definition) is 2. The van der Waals surface area contributed by atoms with Gasteiger partial charge in [-0.3, -0.25) is 0 Å². The molecule has 3 N–H and O–H groups in total. The van der Waals surface area contributed by atoms with E-state index in [2.05, 4.69) is 4.98 Å². The van der Waals surface area contributed by atoms with Crippen molar-refractivity contribution < 1.29 is 18.3 Å². The van der Waals surface area contributed by atoms with E-state index in [-0.39, 0.29) is 5.82 Å². The highest BCUT2D eigenvalue weighted by atomic mass is 19.3. The van der Waals surface area contributed by atoms with E-state index in [0.717, 1.165) is 0 Å². The van der Waals surface area contributed by atoms with Crippen molar-refractivity contribution >= 4 is 5.82 Å². The first-order valence-electron chi connectivity index (χ1n) is 2.95. The van der Waals surface area contributed by atoms with Gasteiger partial charge in [0.1, 0.15) is 5.82 Å². The number of aromatic nitrogens is 1. The van der Waals surface area contributed by atoms with Gasteiger partial charge in [0, 0.05) is 6.07 Å². The summed E-state index contributed by atoms with van der Waals surface area (Å²) in [6, 6.07) is 0.668. The van der Waals surface area contributed by atoms with E-state index in [1.165, 1.54) is 0 Å². The lowest BCUT2D eigenvalue weighted by Gasteiger charge is -2.03. The fraction of sp³-hybridized carbons (Fsp3) is 0.167. The van der Waals surface area contributed by atoms with E-state index >= 15 is 0 Å². The molecule has 1 heterocycles. The summed E-state index contributed by atoms with van der Waals surface area (Å²) >= 11 is 0. The molecule has 1 aromatic heterocycles. The Morgan fingerprint density at radius 1 is 1.50 bits per heavy atom. The molecule has 66 valence electrons. The lowest BCUT2D eigenvalue weighted by atomic mass is 10.3. The van der Waals surface area contributed by atoms with Crippen molar-refractivity contribution in [2.75, 3.05) is 5.73 Å². The van der Waals surface area contributed by atoms with E-state index in [1.807, 2.05) is 0 Å². The van der Waals surface area contributed by atoms with Gasteiger partial charge in [-0.15, -0.1) is 0 Å². The van der Waals surface area contributed by atoms with Gasteiger partial charge >= 0.3 is 0 Å². The lowest BCUT2D eigenvalue weighted by molar-refractivity contribution is 0.141. The minimum Gasteiger partial charge on any atom is -0.503 e. The molecule has 0 unspecified atom stereocenters. The summed E-state index contributed by atoms with van der Waals surface area (Å²) in [6.07, 6.45) is -3.04. The zero-order chi connectivity index (χ0) is 9.30. The normalized spacial score (nSPS) is 10.7. The predicted octanol–water partition coefficient (Wildman–Crippen LogP) is 1.45. The van der Waals surface area contributed by atoms with Gasteiger partial charge in [0.05, 0.1) is 0 Å². The first kappa shape index (κ1) is 8.63. The number of hydrogen-bond acceptors (Lipinski definition) is 3. The van der Waals surface area contributed by atoms with Crippen molar-refractivity contribution in [1.82, 2.24) is 4.98 Å². The maximum atomic E-state index is 12.5. The standard InChI is InChI=1S/C6H5F3N2O/c7-2-1-3(10)11-4(5(2)12)6(8)9/h1,6,12H,(H2,10,11). The number of nitrogens with zero attached hydrogens (tertiary/aromatic N) is 1. The van der Waals surface area contributed by atoms with Crippen molar-refractivity contribution in [3.8, 4) is 5.75 Å². The van der Waals surface area contributed by atoms with E-state index in [1.54, 1.807) is 0 Å². The SMILES string of the molecule is Nc1cc(F)c(O)c(C(F)F)n1. The topological polar surface area (TPSA) is 59.1 Å². The van der Waals surface area contributed by atoms with Crippen molar-refractivity contribution in [2.24, 2.45) is 0 Å². The van der Waals surface area contributed by atoms with Crippen LogP contribution in [0.25, 0.3) is 0 Å². The van der Waals surface area contributed by atoms with Gasteiger partial charge in [0.25, 0.3) is 6.43 Å². The summed E-state index contributed by atoms with van der Waals surface area (Å²) in [5.74, 6) is -2.74. The van der Waals surface area contributed by atoms with Crippen LogP contribution in [0.2, 0.25) is 0 Å². The molecule has 0 radical (unpaired) electrons. The Kier molecular flexibility index (Phi) is 2.07. The first-order chi connectivity index (χ1) is 5.52. The van der Waals surface area contributed by atoms with Crippen molar-refractivity contribution in [1.29, 1.82) is 0 Å². The van der Waals surface area contributed by atoms with Crippen LogP contribution in [0.4, 0.5) is 19.0 Å². The van der Waals surface area contributed by atoms with E-state index in [9.17, 15) is 13.2 Å².